The van der Waals surface area contributed by atoms with Crippen molar-refractivity contribution < 1.29 is 15.3 Å². The molecule has 1 aromatic rings. The van der Waals surface area contributed by atoms with Gasteiger partial charge in [-0.1, -0.05) is 12.1 Å². The molecule has 12 heavy (non-hydrogen) atoms. The van der Waals surface area contributed by atoms with Crippen molar-refractivity contribution in [2.75, 3.05) is 6.61 Å². The molecule has 0 fully saturated rings. The SMILES string of the molecule is OCC(O)Cc1ccc(O)cc1. The molecule has 0 aliphatic rings. The van der Waals surface area contributed by atoms with Gasteiger partial charge in [-0.15, -0.1) is 0 Å². The predicted octanol–water partition coefficient (Wildman–Crippen LogP) is 0.288. The average Bonchev–Trinajstić information content (AvgIpc) is 2.09. The first-order valence-electron chi connectivity index (χ1n) is 3.79. The summed E-state index contributed by atoms with van der Waals surface area (Å²) in [6.45, 7) is -0.235. The van der Waals surface area contributed by atoms with Gasteiger partial charge in [0.25, 0.3) is 0 Å². The number of aliphatic hydroxyl groups excluding tert-OH is 2. The molecule has 0 bridgehead atoms. The second kappa shape index (κ2) is 4.09. The zero-order chi connectivity index (χ0) is 8.97. The normalized spacial score (nSPS) is 12.8. The van der Waals surface area contributed by atoms with Crippen molar-refractivity contribution in [1.82, 2.24) is 0 Å². The van der Waals surface area contributed by atoms with Crippen LogP contribution in [-0.2, 0) is 6.42 Å². The van der Waals surface area contributed by atoms with E-state index in [1.165, 1.54) is 0 Å². The molecule has 0 aliphatic carbocycles. The molecule has 3 heteroatoms. The molecule has 0 heterocycles. The van der Waals surface area contributed by atoms with Crippen LogP contribution in [0.1, 0.15) is 5.56 Å². The van der Waals surface area contributed by atoms with Crippen LogP contribution < -0.4 is 0 Å². The van der Waals surface area contributed by atoms with Crippen LogP contribution in [0.15, 0.2) is 24.3 Å². The lowest BCUT2D eigenvalue weighted by molar-refractivity contribution is 0.0955. The molecular weight excluding hydrogens is 156 g/mol. The Balaban J connectivity index is 2.58. The standard InChI is InChI=1S/C9H12O3/c10-6-9(12)5-7-1-3-8(11)4-2-7/h1-4,9-12H,5-6H2. The van der Waals surface area contributed by atoms with Gasteiger partial charge in [0.2, 0.25) is 0 Å². The molecule has 1 unspecified atom stereocenters. The van der Waals surface area contributed by atoms with Crippen LogP contribution in [0.3, 0.4) is 0 Å². The first-order valence-corrected chi connectivity index (χ1v) is 3.79. The molecule has 66 valence electrons. The second-order valence-electron chi connectivity index (χ2n) is 2.71. The van der Waals surface area contributed by atoms with Crippen LogP contribution in [0.4, 0.5) is 0 Å². The van der Waals surface area contributed by atoms with E-state index in [0.717, 1.165) is 5.56 Å². The van der Waals surface area contributed by atoms with Gasteiger partial charge < -0.3 is 15.3 Å². The van der Waals surface area contributed by atoms with Crippen molar-refractivity contribution in [3.8, 4) is 5.75 Å². The zero-order valence-electron chi connectivity index (χ0n) is 6.64. The van der Waals surface area contributed by atoms with Crippen molar-refractivity contribution in [3.63, 3.8) is 0 Å². The summed E-state index contributed by atoms with van der Waals surface area (Å²) in [5, 5.41) is 26.6. The fourth-order valence-electron chi connectivity index (χ4n) is 0.969. The first kappa shape index (κ1) is 9.03. The van der Waals surface area contributed by atoms with Gasteiger partial charge in [-0.3, -0.25) is 0 Å². The van der Waals surface area contributed by atoms with Gasteiger partial charge in [-0.25, -0.2) is 0 Å². The minimum atomic E-state index is -0.713. The summed E-state index contributed by atoms with van der Waals surface area (Å²) < 4.78 is 0. The third-order valence-corrected chi connectivity index (χ3v) is 1.62. The average molecular weight is 168 g/mol. The Morgan fingerprint density at radius 1 is 1.17 bits per heavy atom. The minimum absolute atomic E-state index is 0.206. The number of aliphatic hydroxyl groups is 2. The summed E-state index contributed by atoms with van der Waals surface area (Å²) in [5.74, 6) is 0.206. The van der Waals surface area contributed by atoms with E-state index in [1.807, 2.05) is 0 Å². The van der Waals surface area contributed by atoms with Crippen LogP contribution in [-0.4, -0.2) is 28.0 Å². The fraction of sp³-hybridized carbons (Fsp3) is 0.333. The van der Waals surface area contributed by atoms with E-state index in [4.69, 9.17) is 15.3 Å². The Hall–Kier alpha value is -1.06. The summed E-state index contributed by atoms with van der Waals surface area (Å²) in [6, 6.07) is 6.54. The summed E-state index contributed by atoms with van der Waals surface area (Å²) in [7, 11) is 0. The van der Waals surface area contributed by atoms with Gasteiger partial charge in [-0.05, 0) is 17.7 Å². The van der Waals surface area contributed by atoms with Crippen LogP contribution in [0.2, 0.25) is 0 Å². The van der Waals surface area contributed by atoms with E-state index in [9.17, 15) is 0 Å². The molecule has 0 saturated carbocycles. The van der Waals surface area contributed by atoms with Crippen LogP contribution >= 0.6 is 0 Å². The summed E-state index contributed by atoms with van der Waals surface area (Å²) >= 11 is 0. The smallest absolute Gasteiger partial charge is 0.115 e. The molecule has 1 aromatic carbocycles. The lowest BCUT2D eigenvalue weighted by Crippen LogP contribution is -2.14. The lowest BCUT2D eigenvalue weighted by atomic mass is 10.1. The van der Waals surface area contributed by atoms with Crippen molar-refractivity contribution in [3.05, 3.63) is 29.8 Å². The van der Waals surface area contributed by atoms with Crippen LogP contribution in [0.25, 0.3) is 0 Å². The van der Waals surface area contributed by atoms with Gasteiger partial charge in [-0.2, -0.15) is 0 Å². The maximum atomic E-state index is 9.07. The van der Waals surface area contributed by atoms with Crippen molar-refractivity contribution >= 4 is 0 Å². The predicted molar refractivity (Wildman–Crippen MR) is 44.9 cm³/mol. The lowest BCUT2D eigenvalue weighted by Gasteiger charge is -2.06. The van der Waals surface area contributed by atoms with Crippen LogP contribution in [0.5, 0.6) is 5.75 Å². The van der Waals surface area contributed by atoms with E-state index in [0.29, 0.717) is 6.42 Å². The van der Waals surface area contributed by atoms with Crippen LogP contribution in [0, 0.1) is 0 Å². The van der Waals surface area contributed by atoms with E-state index in [-0.39, 0.29) is 12.4 Å². The van der Waals surface area contributed by atoms with Crippen molar-refractivity contribution in [2.45, 2.75) is 12.5 Å². The second-order valence-corrected chi connectivity index (χ2v) is 2.71. The molecule has 0 radical (unpaired) electrons. The van der Waals surface area contributed by atoms with Gasteiger partial charge in [0, 0.05) is 6.42 Å². The summed E-state index contributed by atoms with van der Waals surface area (Å²) in [6.07, 6.45) is -0.300. The molecule has 0 aromatic heterocycles. The Labute approximate surface area is 70.9 Å². The minimum Gasteiger partial charge on any atom is -0.508 e. The number of hydrogen-bond acceptors (Lipinski definition) is 3. The number of phenols is 1. The van der Waals surface area contributed by atoms with Gasteiger partial charge in [0.1, 0.15) is 5.75 Å². The number of rotatable bonds is 3. The number of phenolic OH excluding ortho intramolecular Hbond substituents is 1. The molecule has 3 nitrogen and oxygen atoms in total. The number of hydrogen-bond donors (Lipinski definition) is 3. The number of aromatic hydroxyl groups is 1. The fourth-order valence-corrected chi connectivity index (χ4v) is 0.969. The van der Waals surface area contributed by atoms with E-state index in [1.54, 1.807) is 24.3 Å². The van der Waals surface area contributed by atoms with Gasteiger partial charge >= 0.3 is 0 Å². The van der Waals surface area contributed by atoms with E-state index < -0.39 is 6.10 Å². The summed E-state index contributed by atoms with van der Waals surface area (Å²) in [4.78, 5) is 0. The third-order valence-electron chi connectivity index (χ3n) is 1.62. The third kappa shape index (κ3) is 2.53. The Kier molecular flexibility index (Phi) is 3.08. The first-order chi connectivity index (χ1) is 5.72. The Morgan fingerprint density at radius 2 is 1.75 bits per heavy atom. The largest absolute Gasteiger partial charge is 0.508 e. The topological polar surface area (TPSA) is 60.7 Å². The Bertz CT molecular complexity index is 230. The monoisotopic (exact) mass is 168 g/mol. The van der Waals surface area contributed by atoms with Gasteiger partial charge in [0.05, 0.1) is 12.7 Å². The maximum absolute atomic E-state index is 9.07. The highest BCUT2D eigenvalue weighted by Crippen LogP contribution is 2.10. The van der Waals surface area contributed by atoms with E-state index >= 15 is 0 Å². The quantitative estimate of drug-likeness (QED) is 0.607. The highest BCUT2D eigenvalue weighted by Gasteiger charge is 2.02. The Morgan fingerprint density at radius 3 is 2.25 bits per heavy atom. The molecule has 1 rings (SSSR count). The molecule has 3 N–H and O–H groups in total. The molecule has 0 spiro atoms. The summed E-state index contributed by atoms with van der Waals surface area (Å²) in [5.41, 5.74) is 0.898. The van der Waals surface area contributed by atoms with E-state index in [2.05, 4.69) is 0 Å². The highest BCUT2D eigenvalue weighted by atomic mass is 16.3. The van der Waals surface area contributed by atoms with Crippen molar-refractivity contribution in [1.29, 1.82) is 0 Å². The molecule has 0 aliphatic heterocycles. The molecule has 1 atom stereocenters. The maximum Gasteiger partial charge on any atom is 0.115 e. The molecule has 0 saturated heterocycles. The van der Waals surface area contributed by atoms with Crippen molar-refractivity contribution in [2.24, 2.45) is 0 Å². The highest BCUT2D eigenvalue weighted by molar-refractivity contribution is 5.26. The molecular formula is C9H12O3. The molecule has 0 amide bonds. The van der Waals surface area contributed by atoms with Gasteiger partial charge in [0.15, 0.2) is 0 Å². The number of benzene rings is 1. The zero-order valence-corrected chi connectivity index (χ0v) is 6.64.